The van der Waals surface area contributed by atoms with Crippen LogP contribution in [-0.4, -0.2) is 15.9 Å². The molecule has 0 aliphatic carbocycles. The first-order valence-electron chi connectivity index (χ1n) is 7.57. The summed E-state index contributed by atoms with van der Waals surface area (Å²) in [7, 11) is 0. The Labute approximate surface area is 142 Å². The molecule has 2 heterocycles. The van der Waals surface area contributed by atoms with Crippen LogP contribution < -0.4 is 5.32 Å². The van der Waals surface area contributed by atoms with Crippen LogP contribution in [0.3, 0.4) is 0 Å². The quantitative estimate of drug-likeness (QED) is 0.607. The lowest BCUT2D eigenvalue weighted by molar-refractivity contribution is 0.102. The predicted molar refractivity (Wildman–Crippen MR) is 91.6 cm³/mol. The Hall–Kier alpha value is -3.54. The zero-order chi connectivity index (χ0) is 17.2. The molecule has 25 heavy (non-hydrogen) atoms. The molecule has 0 bridgehead atoms. The highest BCUT2D eigenvalue weighted by atomic mass is 19.1. The van der Waals surface area contributed by atoms with E-state index < -0.39 is 0 Å². The third-order valence-corrected chi connectivity index (χ3v) is 3.68. The van der Waals surface area contributed by atoms with Crippen LogP contribution in [0.1, 0.15) is 10.4 Å². The highest BCUT2D eigenvalue weighted by Gasteiger charge is 2.12. The number of halogens is 1. The Morgan fingerprint density at radius 3 is 2.52 bits per heavy atom. The Balaban J connectivity index is 1.62. The summed E-state index contributed by atoms with van der Waals surface area (Å²) in [4.78, 5) is 20.7. The molecule has 6 heteroatoms. The van der Waals surface area contributed by atoms with Crippen molar-refractivity contribution < 1.29 is 13.6 Å². The van der Waals surface area contributed by atoms with E-state index in [2.05, 4.69) is 15.3 Å². The van der Waals surface area contributed by atoms with Crippen molar-refractivity contribution in [1.82, 2.24) is 9.97 Å². The van der Waals surface area contributed by atoms with Crippen LogP contribution in [0.5, 0.6) is 0 Å². The number of hydrogen-bond acceptors (Lipinski definition) is 4. The maximum absolute atomic E-state index is 12.9. The van der Waals surface area contributed by atoms with Gasteiger partial charge in [-0.15, -0.1) is 0 Å². The van der Waals surface area contributed by atoms with E-state index in [1.807, 2.05) is 0 Å². The SMILES string of the molecule is O=C(Nc1ccc(F)cc1)c1ccc2nc(-c3ccncc3)oc2c1. The minimum absolute atomic E-state index is 0.310. The van der Waals surface area contributed by atoms with Gasteiger partial charge >= 0.3 is 0 Å². The van der Waals surface area contributed by atoms with Crippen molar-refractivity contribution in [2.75, 3.05) is 5.32 Å². The number of oxazole rings is 1. The second-order valence-electron chi connectivity index (χ2n) is 5.40. The molecule has 2 aromatic heterocycles. The van der Waals surface area contributed by atoms with Gasteiger partial charge < -0.3 is 9.73 Å². The molecule has 5 nitrogen and oxygen atoms in total. The third-order valence-electron chi connectivity index (χ3n) is 3.68. The highest BCUT2D eigenvalue weighted by molar-refractivity contribution is 6.05. The molecule has 0 radical (unpaired) electrons. The summed E-state index contributed by atoms with van der Waals surface area (Å²) in [5.41, 5.74) is 2.92. The largest absolute Gasteiger partial charge is 0.436 e. The van der Waals surface area contributed by atoms with Crippen LogP contribution >= 0.6 is 0 Å². The molecule has 0 saturated carbocycles. The summed E-state index contributed by atoms with van der Waals surface area (Å²) in [6, 6.07) is 14.2. The topological polar surface area (TPSA) is 68.0 Å². The Morgan fingerprint density at radius 2 is 1.76 bits per heavy atom. The van der Waals surface area contributed by atoms with Gasteiger partial charge in [-0.05, 0) is 54.6 Å². The minimum atomic E-state index is -0.357. The smallest absolute Gasteiger partial charge is 0.255 e. The average Bonchev–Trinajstić information content (AvgIpc) is 3.07. The van der Waals surface area contributed by atoms with E-state index in [9.17, 15) is 9.18 Å². The lowest BCUT2D eigenvalue weighted by Crippen LogP contribution is -2.11. The number of anilines is 1. The predicted octanol–water partition coefficient (Wildman–Crippen LogP) is 4.28. The number of benzene rings is 2. The fraction of sp³-hybridized carbons (Fsp3) is 0. The molecular formula is C19H12FN3O2. The van der Waals surface area contributed by atoms with E-state index >= 15 is 0 Å². The molecule has 0 unspecified atom stereocenters. The number of carbonyl (C=O) groups is 1. The van der Waals surface area contributed by atoms with Gasteiger partial charge in [0.15, 0.2) is 5.58 Å². The zero-order valence-corrected chi connectivity index (χ0v) is 12.9. The number of aromatic nitrogens is 2. The van der Waals surface area contributed by atoms with Crippen molar-refractivity contribution in [3.63, 3.8) is 0 Å². The van der Waals surface area contributed by atoms with Gasteiger partial charge in [0.25, 0.3) is 5.91 Å². The van der Waals surface area contributed by atoms with Gasteiger partial charge in [-0.1, -0.05) is 0 Å². The number of carbonyl (C=O) groups excluding carboxylic acids is 1. The number of pyridine rings is 1. The summed E-state index contributed by atoms with van der Waals surface area (Å²) in [6.07, 6.45) is 3.32. The Morgan fingerprint density at radius 1 is 1.00 bits per heavy atom. The fourth-order valence-corrected chi connectivity index (χ4v) is 2.42. The van der Waals surface area contributed by atoms with Crippen LogP contribution in [0.2, 0.25) is 0 Å². The molecule has 1 amide bonds. The summed E-state index contributed by atoms with van der Waals surface area (Å²) < 4.78 is 18.7. The summed E-state index contributed by atoms with van der Waals surface area (Å²) in [5, 5.41) is 2.71. The molecular weight excluding hydrogens is 321 g/mol. The van der Waals surface area contributed by atoms with E-state index in [1.165, 1.54) is 24.3 Å². The molecule has 0 saturated heterocycles. The molecule has 122 valence electrons. The lowest BCUT2D eigenvalue weighted by atomic mass is 10.2. The molecule has 0 spiro atoms. The van der Waals surface area contributed by atoms with Crippen molar-refractivity contribution in [3.8, 4) is 11.5 Å². The zero-order valence-electron chi connectivity index (χ0n) is 12.9. The molecule has 1 N–H and O–H groups in total. The van der Waals surface area contributed by atoms with E-state index in [0.29, 0.717) is 28.2 Å². The van der Waals surface area contributed by atoms with Crippen LogP contribution in [0.4, 0.5) is 10.1 Å². The van der Waals surface area contributed by atoms with Crippen molar-refractivity contribution in [1.29, 1.82) is 0 Å². The molecule has 0 atom stereocenters. The second-order valence-corrected chi connectivity index (χ2v) is 5.40. The standard InChI is InChI=1S/C19H12FN3O2/c20-14-2-4-15(5-3-14)22-18(24)13-1-6-16-17(11-13)25-19(23-16)12-7-9-21-10-8-12/h1-11H,(H,22,24). The lowest BCUT2D eigenvalue weighted by Gasteiger charge is -2.04. The van der Waals surface area contributed by atoms with Crippen LogP contribution in [-0.2, 0) is 0 Å². The third kappa shape index (κ3) is 3.10. The normalized spacial score (nSPS) is 10.8. The van der Waals surface area contributed by atoms with Crippen molar-refractivity contribution in [2.45, 2.75) is 0 Å². The van der Waals surface area contributed by atoms with Crippen molar-refractivity contribution in [2.24, 2.45) is 0 Å². The van der Waals surface area contributed by atoms with Crippen molar-refractivity contribution >= 4 is 22.7 Å². The monoisotopic (exact) mass is 333 g/mol. The first-order chi connectivity index (χ1) is 12.2. The van der Waals surface area contributed by atoms with Crippen LogP contribution in [0, 0.1) is 5.82 Å². The summed E-state index contributed by atoms with van der Waals surface area (Å²) >= 11 is 0. The highest BCUT2D eigenvalue weighted by Crippen LogP contribution is 2.24. The number of nitrogens with zero attached hydrogens (tertiary/aromatic N) is 2. The summed E-state index contributed by atoms with van der Waals surface area (Å²) in [5.74, 6) is -0.200. The first-order valence-corrected chi connectivity index (χ1v) is 7.57. The number of rotatable bonds is 3. The van der Waals surface area contributed by atoms with Gasteiger partial charge in [0, 0.05) is 29.2 Å². The number of fused-ring (bicyclic) bond motifs is 1. The average molecular weight is 333 g/mol. The second kappa shape index (κ2) is 6.16. The van der Waals surface area contributed by atoms with Gasteiger partial charge in [0.05, 0.1) is 0 Å². The number of nitrogens with one attached hydrogen (secondary N) is 1. The molecule has 4 rings (SSSR count). The van der Waals surface area contributed by atoms with Gasteiger partial charge in [-0.3, -0.25) is 9.78 Å². The van der Waals surface area contributed by atoms with Crippen molar-refractivity contribution in [3.05, 3.63) is 78.4 Å². The van der Waals surface area contributed by atoms with Gasteiger partial charge in [-0.25, -0.2) is 9.37 Å². The molecule has 0 aliphatic rings. The summed E-state index contributed by atoms with van der Waals surface area (Å²) in [6.45, 7) is 0. The first kappa shape index (κ1) is 15.0. The Kier molecular flexibility index (Phi) is 3.70. The maximum atomic E-state index is 12.9. The molecule has 0 aliphatic heterocycles. The van der Waals surface area contributed by atoms with Crippen LogP contribution in [0.25, 0.3) is 22.6 Å². The van der Waals surface area contributed by atoms with E-state index in [1.54, 1.807) is 42.7 Å². The number of amides is 1. The maximum Gasteiger partial charge on any atom is 0.255 e. The van der Waals surface area contributed by atoms with Crippen LogP contribution in [0.15, 0.2) is 71.4 Å². The number of hydrogen-bond donors (Lipinski definition) is 1. The molecule has 2 aromatic carbocycles. The minimum Gasteiger partial charge on any atom is -0.436 e. The fourth-order valence-electron chi connectivity index (χ4n) is 2.42. The van der Waals surface area contributed by atoms with E-state index in [4.69, 9.17) is 4.42 Å². The van der Waals surface area contributed by atoms with Gasteiger partial charge in [-0.2, -0.15) is 0 Å². The van der Waals surface area contributed by atoms with Gasteiger partial charge in [0.1, 0.15) is 11.3 Å². The Bertz CT molecular complexity index is 1040. The van der Waals surface area contributed by atoms with E-state index in [0.717, 1.165) is 5.56 Å². The van der Waals surface area contributed by atoms with Gasteiger partial charge in [0.2, 0.25) is 5.89 Å². The molecule has 0 fully saturated rings. The molecule has 4 aromatic rings. The van der Waals surface area contributed by atoms with E-state index in [-0.39, 0.29) is 11.7 Å².